The summed E-state index contributed by atoms with van der Waals surface area (Å²) in [5.74, 6) is -2.73. The fourth-order valence-corrected chi connectivity index (χ4v) is 3.57. The van der Waals surface area contributed by atoms with Crippen molar-refractivity contribution in [3.8, 4) is 11.4 Å². The molecule has 1 atom stereocenters. The highest BCUT2D eigenvalue weighted by atomic mass is 19.3. The lowest BCUT2D eigenvalue weighted by molar-refractivity contribution is 0.0200. The monoisotopic (exact) mass is 424 g/mol. The Kier molecular flexibility index (Phi) is 4.51. The highest BCUT2D eigenvalue weighted by Crippen LogP contribution is 2.34. The maximum Gasteiger partial charge on any atom is 0.274 e. The van der Waals surface area contributed by atoms with Crippen LogP contribution in [0.4, 0.5) is 14.5 Å². The molecule has 1 amide bonds. The number of nitrogens with zero attached hydrogens (tertiary/aromatic N) is 4. The van der Waals surface area contributed by atoms with Crippen LogP contribution in [0, 0.1) is 6.92 Å². The number of hydrogen-bond donors (Lipinski definition) is 2. The molecule has 3 aromatic heterocycles. The molecule has 0 aliphatic carbocycles. The van der Waals surface area contributed by atoms with Crippen LogP contribution in [0.2, 0.25) is 0 Å². The van der Waals surface area contributed by atoms with E-state index in [1.807, 2.05) is 31.2 Å². The molecular weight excluding hydrogens is 406 g/mol. The van der Waals surface area contributed by atoms with E-state index >= 15 is 0 Å². The van der Waals surface area contributed by atoms with Crippen LogP contribution in [0.15, 0.2) is 53.3 Å². The molecule has 8 nitrogen and oxygen atoms in total. The lowest BCUT2D eigenvalue weighted by Crippen LogP contribution is -2.19. The number of amides is 1. The van der Waals surface area contributed by atoms with Gasteiger partial charge in [0.05, 0.1) is 18.8 Å². The second-order valence-electron chi connectivity index (χ2n) is 7.51. The number of aryl methyl sites for hydroxylation is 1. The molecule has 0 saturated carbocycles. The molecule has 0 spiro atoms. The Morgan fingerprint density at radius 3 is 3.00 bits per heavy atom. The molecule has 0 radical (unpaired) electrons. The molecule has 4 aromatic rings. The van der Waals surface area contributed by atoms with Gasteiger partial charge in [-0.2, -0.15) is 4.98 Å². The van der Waals surface area contributed by atoms with Crippen molar-refractivity contribution < 1.29 is 18.1 Å². The Morgan fingerprint density at radius 1 is 1.32 bits per heavy atom. The minimum Gasteiger partial charge on any atom is -0.337 e. The zero-order valence-corrected chi connectivity index (χ0v) is 16.5. The lowest BCUT2D eigenvalue weighted by atomic mass is 10.1. The number of halogens is 2. The van der Waals surface area contributed by atoms with Crippen LogP contribution in [-0.2, 0) is 0 Å². The summed E-state index contributed by atoms with van der Waals surface area (Å²) in [6.45, 7) is 1.44. The van der Waals surface area contributed by atoms with Crippen LogP contribution in [0.3, 0.4) is 0 Å². The van der Waals surface area contributed by atoms with Gasteiger partial charge in [-0.3, -0.25) is 14.5 Å². The van der Waals surface area contributed by atoms with Gasteiger partial charge in [-0.25, -0.2) is 13.8 Å². The second kappa shape index (κ2) is 7.24. The molecule has 2 N–H and O–H groups in total. The fraction of sp³-hybridized carbons (Fsp3) is 0.238. The van der Waals surface area contributed by atoms with Crippen LogP contribution >= 0.6 is 0 Å². The standard InChI is InChI=1S/C21H18F2N6O2/c1-12-5-6-13(18-27-20(31-28-18)15-9-21(22,23)11-25-15)8-14(12)26-19(30)16-10-24-17-4-2-3-7-29(16)17/h2-8,10,15,25H,9,11H2,1H3,(H,26,30). The lowest BCUT2D eigenvalue weighted by Gasteiger charge is -2.09. The summed E-state index contributed by atoms with van der Waals surface area (Å²) >= 11 is 0. The third kappa shape index (κ3) is 3.66. The molecule has 1 saturated heterocycles. The van der Waals surface area contributed by atoms with Gasteiger partial charge in [-0.15, -0.1) is 0 Å². The van der Waals surface area contributed by atoms with Crippen LogP contribution in [0.1, 0.15) is 34.4 Å². The van der Waals surface area contributed by atoms with E-state index in [-0.39, 0.29) is 24.0 Å². The van der Waals surface area contributed by atoms with Crippen LogP contribution in [-0.4, -0.2) is 37.9 Å². The number of aromatic nitrogens is 4. The SMILES string of the molecule is Cc1ccc(-c2noc(C3CC(F)(F)CN3)n2)cc1NC(=O)c1cnc2ccccn12. The van der Waals surface area contributed by atoms with Crippen molar-refractivity contribution in [2.75, 3.05) is 11.9 Å². The van der Waals surface area contributed by atoms with E-state index in [0.29, 0.717) is 22.6 Å². The zero-order chi connectivity index (χ0) is 21.6. The van der Waals surface area contributed by atoms with Crippen molar-refractivity contribution in [3.63, 3.8) is 0 Å². The number of nitrogens with one attached hydrogen (secondary N) is 2. The number of hydrogen-bond acceptors (Lipinski definition) is 6. The van der Waals surface area contributed by atoms with Crippen molar-refractivity contribution in [1.82, 2.24) is 24.8 Å². The molecular formula is C21H18F2N6O2. The third-order valence-electron chi connectivity index (χ3n) is 5.24. The summed E-state index contributed by atoms with van der Waals surface area (Å²) in [6.07, 6.45) is 2.89. The van der Waals surface area contributed by atoms with Crippen LogP contribution in [0.25, 0.3) is 17.0 Å². The van der Waals surface area contributed by atoms with Gasteiger partial charge in [0, 0.05) is 23.9 Å². The summed E-state index contributed by atoms with van der Waals surface area (Å²) in [5, 5.41) is 9.51. The van der Waals surface area contributed by atoms with E-state index in [2.05, 4.69) is 25.8 Å². The molecule has 0 bridgehead atoms. The first kappa shape index (κ1) is 19.3. The fourth-order valence-electron chi connectivity index (χ4n) is 3.57. The largest absolute Gasteiger partial charge is 0.337 e. The summed E-state index contributed by atoms with van der Waals surface area (Å²) in [7, 11) is 0. The minimum absolute atomic E-state index is 0.115. The number of carbonyl (C=O) groups excluding carboxylic acids is 1. The number of fused-ring (bicyclic) bond motifs is 1. The molecule has 4 heterocycles. The number of anilines is 1. The first-order chi connectivity index (χ1) is 14.9. The van der Waals surface area contributed by atoms with Crippen molar-refractivity contribution >= 4 is 17.2 Å². The zero-order valence-electron chi connectivity index (χ0n) is 16.5. The molecule has 10 heteroatoms. The average molecular weight is 424 g/mol. The Labute approximate surface area is 175 Å². The number of pyridine rings is 1. The van der Waals surface area contributed by atoms with E-state index in [1.54, 1.807) is 22.7 Å². The average Bonchev–Trinajstić information content (AvgIpc) is 3.47. The maximum absolute atomic E-state index is 13.4. The van der Waals surface area contributed by atoms with Crippen molar-refractivity contribution in [2.24, 2.45) is 0 Å². The number of alkyl halides is 2. The van der Waals surface area contributed by atoms with Gasteiger partial charge in [0.15, 0.2) is 0 Å². The Bertz CT molecular complexity index is 1280. The van der Waals surface area contributed by atoms with Gasteiger partial charge in [-0.1, -0.05) is 23.4 Å². The summed E-state index contributed by atoms with van der Waals surface area (Å²) < 4.78 is 33.8. The van der Waals surface area contributed by atoms with Crippen molar-refractivity contribution in [1.29, 1.82) is 0 Å². The Hall–Kier alpha value is -3.66. The first-order valence-electron chi connectivity index (χ1n) is 9.69. The van der Waals surface area contributed by atoms with Gasteiger partial charge in [-0.05, 0) is 30.7 Å². The van der Waals surface area contributed by atoms with Gasteiger partial charge >= 0.3 is 0 Å². The first-order valence-corrected chi connectivity index (χ1v) is 9.69. The van der Waals surface area contributed by atoms with E-state index in [4.69, 9.17) is 4.52 Å². The summed E-state index contributed by atoms with van der Waals surface area (Å²) in [6, 6.07) is 10.1. The van der Waals surface area contributed by atoms with E-state index < -0.39 is 18.5 Å². The van der Waals surface area contributed by atoms with Crippen molar-refractivity contribution in [3.05, 3.63) is 65.9 Å². The second-order valence-corrected chi connectivity index (χ2v) is 7.51. The predicted octanol–water partition coefficient (Wildman–Crippen LogP) is 3.61. The molecule has 5 rings (SSSR count). The van der Waals surface area contributed by atoms with Gasteiger partial charge in [0.2, 0.25) is 11.7 Å². The summed E-state index contributed by atoms with van der Waals surface area (Å²) in [5.41, 5.74) is 3.08. The van der Waals surface area contributed by atoms with Crippen molar-refractivity contribution in [2.45, 2.75) is 25.3 Å². The Balaban J connectivity index is 1.39. The molecule has 1 aromatic carbocycles. The summed E-state index contributed by atoms with van der Waals surface area (Å²) in [4.78, 5) is 21.3. The highest BCUT2D eigenvalue weighted by Gasteiger charge is 2.42. The van der Waals surface area contributed by atoms with E-state index in [0.717, 1.165) is 5.56 Å². The maximum atomic E-state index is 13.4. The molecule has 31 heavy (non-hydrogen) atoms. The van der Waals surface area contributed by atoms with E-state index in [1.165, 1.54) is 6.20 Å². The van der Waals surface area contributed by atoms with Crippen LogP contribution < -0.4 is 10.6 Å². The van der Waals surface area contributed by atoms with Crippen LogP contribution in [0.5, 0.6) is 0 Å². The van der Waals surface area contributed by atoms with Gasteiger partial charge in [0.1, 0.15) is 11.3 Å². The molecule has 1 aliphatic rings. The number of imidazole rings is 1. The molecule has 1 aliphatic heterocycles. The Morgan fingerprint density at radius 2 is 2.19 bits per heavy atom. The van der Waals surface area contributed by atoms with Gasteiger partial charge < -0.3 is 9.84 Å². The third-order valence-corrected chi connectivity index (χ3v) is 5.24. The van der Waals surface area contributed by atoms with E-state index in [9.17, 15) is 13.6 Å². The predicted molar refractivity (Wildman–Crippen MR) is 108 cm³/mol. The van der Waals surface area contributed by atoms with Gasteiger partial charge in [0.25, 0.3) is 11.8 Å². The number of benzene rings is 1. The molecule has 158 valence electrons. The number of carbonyl (C=O) groups is 1. The minimum atomic E-state index is -2.79. The topological polar surface area (TPSA) is 97.4 Å². The normalized spacial score (nSPS) is 17.8. The molecule has 1 fully saturated rings. The quantitative estimate of drug-likeness (QED) is 0.519. The number of rotatable bonds is 4. The smallest absolute Gasteiger partial charge is 0.274 e. The molecule has 1 unspecified atom stereocenters. The highest BCUT2D eigenvalue weighted by molar-refractivity contribution is 6.04.